The molecular formula is C16H20N6OS. The second-order valence-electron chi connectivity index (χ2n) is 5.81. The molecule has 2 heterocycles. The van der Waals surface area contributed by atoms with Crippen molar-refractivity contribution in [1.29, 1.82) is 0 Å². The van der Waals surface area contributed by atoms with Crippen molar-refractivity contribution in [3.8, 4) is 0 Å². The highest BCUT2D eigenvalue weighted by molar-refractivity contribution is 7.00. The van der Waals surface area contributed by atoms with Crippen LogP contribution in [0, 0.1) is 6.92 Å². The van der Waals surface area contributed by atoms with Crippen molar-refractivity contribution in [2.45, 2.75) is 32.9 Å². The highest BCUT2D eigenvalue weighted by Crippen LogP contribution is 2.16. The van der Waals surface area contributed by atoms with Crippen molar-refractivity contribution in [2.75, 3.05) is 7.05 Å². The first-order chi connectivity index (χ1) is 11.6. The van der Waals surface area contributed by atoms with E-state index in [4.69, 9.17) is 0 Å². The maximum Gasteiger partial charge on any atom is 0.318 e. The van der Waals surface area contributed by atoms with Crippen LogP contribution in [0.15, 0.2) is 24.4 Å². The lowest BCUT2D eigenvalue weighted by molar-refractivity contribution is 0.201. The molecule has 0 aliphatic heterocycles. The highest BCUT2D eigenvalue weighted by Gasteiger charge is 2.18. The van der Waals surface area contributed by atoms with Crippen LogP contribution in [0.3, 0.4) is 0 Å². The van der Waals surface area contributed by atoms with Crippen LogP contribution in [0.1, 0.15) is 36.5 Å². The number of H-pyrrole nitrogens is 1. The van der Waals surface area contributed by atoms with Gasteiger partial charge in [0, 0.05) is 25.5 Å². The van der Waals surface area contributed by atoms with Gasteiger partial charge in [-0.05, 0) is 31.0 Å². The molecule has 0 fully saturated rings. The number of urea groups is 1. The Morgan fingerprint density at radius 2 is 2.17 bits per heavy atom. The second kappa shape index (κ2) is 6.96. The number of carbonyl (C=O) groups excluding carboxylic acids is 1. The SMILES string of the molecule is CC[C@@H](NC(=O)N(C)Cc1ccc2nsnc2c1)c1ncc(C)[nH]1. The van der Waals surface area contributed by atoms with Crippen molar-refractivity contribution < 1.29 is 4.79 Å². The van der Waals surface area contributed by atoms with Gasteiger partial charge < -0.3 is 15.2 Å². The van der Waals surface area contributed by atoms with E-state index in [1.165, 1.54) is 11.7 Å². The number of nitrogens with zero attached hydrogens (tertiary/aromatic N) is 4. The van der Waals surface area contributed by atoms with Gasteiger partial charge in [-0.25, -0.2) is 9.78 Å². The van der Waals surface area contributed by atoms with E-state index in [0.29, 0.717) is 6.54 Å². The number of benzene rings is 1. The molecule has 0 radical (unpaired) electrons. The summed E-state index contributed by atoms with van der Waals surface area (Å²) in [6, 6.07) is 5.61. The third-order valence-electron chi connectivity index (χ3n) is 3.84. The van der Waals surface area contributed by atoms with E-state index in [1.54, 1.807) is 18.1 Å². The number of nitrogens with one attached hydrogen (secondary N) is 2. The second-order valence-corrected chi connectivity index (χ2v) is 6.33. The molecule has 7 nitrogen and oxygen atoms in total. The lowest BCUT2D eigenvalue weighted by Crippen LogP contribution is -2.39. The molecule has 0 saturated heterocycles. The van der Waals surface area contributed by atoms with E-state index >= 15 is 0 Å². The summed E-state index contributed by atoms with van der Waals surface area (Å²) in [6.07, 6.45) is 2.54. The molecule has 1 atom stereocenters. The van der Waals surface area contributed by atoms with E-state index < -0.39 is 0 Å². The van der Waals surface area contributed by atoms with Crippen LogP contribution in [-0.2, 0) is 6.54 Å². The van der Waals surface area contributed by atoms with Gasteiger partial charge >= 0.3 is 6.03 Å². The van der Waals surface area contributed by atoms with Gasteiger partial charge in [0.1, 0.15) is 16.9 Å². The molecule has 8 heteroatoms. The third kappa shape index (κ3) is 3.53. The Kier molecular flexibility index (Phi) is 4.75. The lowest BCUT2D eigenvalue weighted by Gasteiger charge is -2.22. The number of fused-ring (bicyclic) bond motifs is 1. The Morgan fingerprint density at radius 3 is 2.88 bits per heavy atom. The standard InChI is InChI=1S/C16H20N6OS/c1-4-12(15-17-8-10(2)18-15)19-16(23)22(3)9-11-5-6-13-14(7-11)21-24-20-13/h5-8,12H,4,9H2,1-3H3,(H,17,18)(H,19,23)/t12-/m1/s1. The topological polar surface area (TPSA) is 86.8 Å². The zero-order chi connectivity index (χ0) is 17.1. The van der Waals surface area contributed by atoms with Crippen LogP contribution in [0.25, 0.3) is 11.0 Å². The number of aryl methyl sites for hydroxylation is 1. The molecule has 0 spiro atoms. The minimum atomic E-state index is -0.132. The normalized spacial score (nSPS) is 12.3. The molecule has 0 bridgehead atoms. The van der Waals surface area contributed by atoms with E-state index in [0.717, 1.165) is 34.5 Å². The average molecular weight is 344 g/mol. The van der Waals surface area contributed by atoms with Gasteiger partial charge in [0.25, 0.3) is 0 Å². The van der Waals surface area contributed by atoms with Gasteiger partial charge in [-0.2, -0.15) is 8.75 Å². The van der Waals surface area contributed by atoms with Crippen molar-refractivity contribution in [3.05, 3.63) is 41.5 Å². The first-order valence-electron chi connectivity index (χ1n) is 7.81. The maximum atomic E-state index is 12.5. The van der Waals surface area contributed by atoms with Gasteiger partial charge in [-0.3, -0.25) is 0 Å². The zero-order valence-electron chi connectivity index (χ0n) is 13.9. The predicted octanol–water partition coefficient (Wildman–Crippen LogP) is 3.02. The molecule has 2 N–H and O–H groups in total. The maximum absolute atomic E-state index is 12.5. The number of hydrogen-bond acceptors (Lipinski definition) is 5. The van der Waals surface area contributed by atoms with Gasteiger partial charge in [-0.1, -0.05) is 13.0 Å². The van der Waals surface area contributed by atoms with E-state index in [2.05, 4.69) is 24.0 Å². The molecule has 1 aromatic carbocycles. The zero-order valence-corrected chi connectivity index (χ0v) is 14.7. The highest BCUT2D eigenvalue weighted by atomic mass is 32.1. The Labute approximate surface area is 144 Å². The first kappa shape index (κ1) is 16.4. The third-order valence-corrected chi connectivity index (χ3v) is 4.40. The summed E-state index contributed by atoms with van der Waals surface area (Å²) < 4.78 is 8.42. The summed E-state index contributed by atoms with van der Waals surface area (Å²) in [7, 11) is 1.78. The van der Waals surface area contributed by atoms with Gasteiger partial charge in [-0.15, -0.1) is 0 Å². The fourth-order valence-electron chi connectivity index (χ4n) is 2.50. The van der Waals surface area contributed by atoms with Crippen molar-refractivity contribution in [1.82, 2.24) is 28.9 Å². The van der Waals surface area contributed by atoms with Crippen molar-refractivity contribution in [3.63, 3.8) is 0 Å². The molecule has 2 aromatic heterocycles. The van der Waals surface area contributed by atoms with Crippen LogP contribution < -0.4 is 5.32 Å². The minimum absolute atomic E-state index is 0.126. The molecule has 24 heavy (non-hydrogen) atoms. The summed E-state index contributed by atoms with van der Waals surface area (Å²) in [5.74, 6) is 0.784. The monoisotopic (exact) mass is 344 g/mol. The minimum Gasteiger partial charge on any atom is -0.344 e. The average Bonchev–Trinajstić information content (AvgIpc) is 3.20. The van der Waals surface area contributed by atoms with Gasteiger partial charge in [0.15, 0.2) is 0 Å². The Morgan fingerprint density at radius 1 is 1.38 bits per heavy atom. The number of aromatic nitrogens is 4. The predicted molar refractivity (Wildman–Crippen MR) is 93.8 cm³/mol. The quantitative estimate of drug-likeness (QED) is 0.745. The van der Waals surface area contributed by atoms with Crippen LogP contribution >= 0.6 is 11.7 Å². The summed E-state index contributed by atoms with van der Waals surface area (Å²) in [5.41, 5.74) is 3.75. The smallest absolute Gasteiger partial charge is 0.318 e. The van der Waals surface area contributed by atoms with E-state index in [1.807, 2.05) is 32.0 Å². The number of imidazole rings is 1. The summed E-state index contributed by atoms with van der Waals surface area (Å²) in [6.45, 7) is 4.47. The molecule has 0 aliphatic carbocycles. The van der Waals surface area contributed by atoms with Crippen molar-refractivity contribution >= 4 is 28.8 Å². The first-order valence-corrected chi connectivity index (χ1v) is 8.54. The fourth-order valence-corrected chi connectivity index (χ4v) is 3.02. The summed E-state index contributed by atoms with van der Waals surface area (Å²) >= 11 is 1.19. The van der Waals surface area contributed by atoms with Crippen LogP contribution in [-0.4, -0.2) is 36.7 Å². The molecule has 3 aromatic rings. The molecule has 0 unspecified atom stereocenters. The number of amides is 2. The molecule has 0 saturated carbocycles. The number of rotatable bonds is 5. The van der Waals surface area contributed by atoms with Crippen LogP contribution in [0.4, 0.5) is 4.79 Å². The Hall–Kier alpha value is -2.48. The van der Waals surface area contributed by atoms with E-state index in [9.17, 15) is 4.79 Å². The Balaban J connectivity index is 1.65. The number of hydrogen-bond donors (Lipinski definition) is 2. The molecule has 0 aliphatic rings. The van der Waals surface area contributed by atoms with Gasteiger partial charge in [0.05, 0.1) is 17.8 Å². The van der Waals surface area contributed by atoms with Crippen LogP contribution in [0.5, 0.6) is 0 Å². The lowest BCUT2D eigenvalue weighted by atomic mass is 10.2. The molecule has 126 valence electrons. The fraction of sp³-hybridized carbons (Fsp3) is 0.375. The number of carbonyl (C=O) groups is 1. The summed E-state index contributed by atoms with van der Waals surface area (Å²) in [5, 5.41) is 3.02. The molecular weight excluding hydrogens is 324 g/mol. The number of aromatic amines is 1. The Bertz CT molecular complexity index is 842. The largest absolute Gasteiger partial charge is 0.344 e. The van der Waals surface area contributed by atoms with E-state index in [-0.39, 0.29) is 12.1 Å². The van der Waals surface area contributed by atoms with Crippen molar-refractivity contribution in [2.24, 2.45) is 0 Å². The molecule has 3 rings (SSSR count). The molecule has 2 amide bonds. The van der Waals surface area contributed by atoms with Gasteiger partial charge in [0.2, 0.25) is 0 Å². The van der Waals surface area contributed by atoms with Crippen LogP contribution in [0.2, 0.25) is 0 Å². The summed E-state index contributed by atoms with van der Waals surface area (Å²) in [4.78, 5) is 21.6.